The fourth-order valence-corrected chi connectivity index (χ4v) is 4.50. The minimum atomic E-state index is -0.927. The molecule has 35 heavy (non-hydrogen) atoms. The van der Waals surface area contributed by atoms with E-state index >= 15 is 0 Å². The van der Waals surface area contributed by atoms with Crippen molar-refractivity contribution in [1.29, 1.82) is 0 Å². The van der Waals surface area contributed by atoms with E-state index in [-0.39, 0.29) is 18.9 Å². The molecule has 1 atom stereocenters. The third kappa shape index (κ3) is 5.20. The molecule has 2 heterocycles. The zero-order valence-electron chi connectivity index (χ0n) is 19.2. The van der Waals surface area contributed by atoms with Crippen LogP contribution in [0.1, 0.15) is 29.2 Å². The monoisotopic (exact) mass is 469 g/mol. The molecule has 7 nitrogen and oxygen atoms in total. The molecule has 5 rings (SSSR count). The first kappa shape index (κ1) is 22.7. The van der Waals surface area contributed by atoms with Crippen molar-refractivity contribution in [2.45, 2.75) is 25.4 Å². The summed E-state index contributed by atoms with van der Waals surface area (Å²) in [5, 5.41) is 13.7. The molecule has 0 spiro atoms. The minimum absolute atomic E-state index is 0.110. The molecule has 3 N–H and O–H groups in total. The lowest BCUT2D eigenvalue weighted by atomic mass is 10.0. The van der Waals surface area contributed by atoms with Crippen molar-refractivity contribution in [2.24, 2.45) is 0 Å². The van der Waals surface area contributed by atoms with Crippen LogP contribution in [0, 0.1) is 0 Å². The van der Waals surface area contributed by atoms with Crippen molar-refractivity contribution in [1.82, 2.24) is 15.2 Å². The highest BCUT2D eigenvalue weighted by molar-refractivity contribution is 5.86. The van der Waals surface area contributed by atoms with E-state index in [1.807, 2.05) is 79.0 Å². The standard InChI is InChI=1S/C28H27N3O4/c32-26(33)12-14-31-13-11-21-18-29-25-10-9-23(16-24(21)25)35-22-8-4-5-19(15-22)17-30-27(28(31)34)20-6-2-1-3-7-20/h1-10,15-16,18,27,29-30H,11-14,17H2,(H,32,33)/t27-/m0/s1. The summed E-state index contributed by atoms with van der Waals surface area (Å²) < 4.78 is 6.16. The first-order valence-electron chi connectivity index (χ1n) is 11.7. The molecular weight excluding hydrogens is 442 g/mol. The third-order valence-corrected chi connectivity index (χ3v) is 6.32. The van der Waals surface area contributed by atoms with Gasteiger partial charge in [-0.3, -0.25) is 14.9 Å². The van der Waals surface area contributed by atoms with E-state index in [1.54, 1.807) is 4.90 Å². The molecule has 0 saturated heterocycles. The van der Waals surface area contributed by atoms with Gasteiger partial charge in [-0.05, 0) is 53.4 Å². The van der Waals surface area contributed by atoms with Crippen LogP contribution < -0.4 is 10.1 Å². The van der Waals surface area contributed by atoms with Crippen LogP contribution in [-0.2, 0) is 22.6 Å². The molecule has 3 aromatic carbocycles. The highest BCUT2D eigenvalue weighted by atomic mass is 16.5. The second kappa shape index (κ2) is 10.0. The van der Waals surface area contributed by atoms with Crippen LogP contribution in [0.2, 0.25) is 0 Å². The predicted octanol–water partition coefficient (Wildman–Crippen LogP) is 4.65. The summed E-state index contributed by atoms with van der Waals surface area (Å²) in [5.74, 6) is 0.393. The van der Waals surface area contributed by atoms with E-state index in [9.17, 15) is 14.7 Å². The van der Waals surface area contributed by atoms with Gasteiger partial charge in [-0.2, -0.15) is 0 Å². The fraction of sp³-hybridized carbons (Fsp3) is 0.214. The number of carboxylic acid groups (broad SMARTS) is 1. The van der Waals surface area contributed by atoms with Crippen LogP contribution in [0.5, 0.6) is 11.5 Å². The van der Waals surface area contributed by atoms with Crippen molar-refractivity contribution in [2.75, 3.05) is 13.1 Å². The first-order chi connectivity index (χ1) is 17.1. The number of benzene rings is 3. The van der Waals surface area contributed by atoms with Crippen LogP contribution in [0.15, 0.2) is 79.0 Å². The molecule has 0 aliphatic carbocycles. The summed E-state index contributed by atoms with van der Waals surface area (Å²) >= 11 is 0. The summed E-state index contributed by atoms with van der Waals surface area (Å²) in [6.07, 6.45) is 2.42. The largest absolute Gasteiger partial charge is 0.481 e. The number of aromatic nitrogens is 1. The number of carboxylic acids is 1. The second-order valence-electron chi connectivity index (χ2n) is 8.71. The number of amides is 1. The van der Waals surface area contributed by atoms with Crippen LogP contribution in [0.25, 0.3) is 10.9 Å². The summed E-state index contributed by atoms with van der Waals surface area (Å²) in [7, 11) is 0. The third-order valence-electron chi connectivity index (χ3n) is 6.32. The number of fused-ring (bicyclic) bond motifs is 3. The molecular formula is C28H27N3O4. The average Bonchev–Trinajstić information content (AvgIpc) is 3.26. The number of carbonyl (C=O) groups excluding carboxylic acids is 1. The number of nitrogens with one attached hydrogen (secondary N) is 2. The van der Waals surface area contributed by atoms with Gasteiger partial charge >= 0.3 is 5.97 Å². The van der Waals surface area contributed by atoms with Crippen molar-refractivity contribution < 1.29 is 19.4 Å². The number of hydrogen-bond acceptors (Lipinski definition) is 4. The SMILES string of the molecule is O=C(O)CCN1CCc2c[nH]c3ccc(cc23)Oc2cccc(c2)CN[C@@H](c2ccccc2)C1=O. The van der Waals surface area contributed by atoms with Gasteiger partial charge in [0.2, 0.25) is 5.91 Å². The molecule has 1 amide bonds. The molecule has 0 unspecified atom stereocenters. The van der Waals surface area contributed by atoms with E-state index in [0.717, 1.165) is 39.1 Å². The molecule has 1 aliphatic rings. The molecule has 1 aliphatic heterocycles. The maximum absolute atomic E-state index is 13.8. The maximum atomic E-state index is 13.8. The van der Waals surface area contributed by atoms with Gasteiger partial charge in [-0.15, -0.1) is 0 Å². The molecule has 4 aromatic rings. The number of hydrogen-bond donors (Lipinski definition) is 3. The summed E-state index contributed by atoms with van der Waals surface area (Å²) in [6.45, 7) is 1.00. The number of H-pyrrole nitrogens is 1. The topological polar surface area (TPSA) is 94.7 Å². The fourth-order valence-electron chi connectivity index (χ4n) is 4.50. The van der Waals surface area contributed by atoms with Crippen LogP contribution in [0.3, 0.4) is 0 Å². The lowest BCUT2D eigenvalue weighted by Crippen LogP contribution is -2.42. The molecule has 178 valence electrons. The number of ether oxygens (including phenoxy) is 1. The Hall–Kier alpha value is -4.10. The molecule has 7 heteroatoms. The number of rotatable bonds is 4. The Morgan fingerprint density at radius 1 is 1.03 bits per heavy atom. The Morgan fingerprint density at radius 3 is 2.69 bits per heavy atom. The van der Waals surface area contributed by atoms with Gasteiger partial charge < -0.3 is 19.7 Å². The lowest BCUT2D eigenvalue weighted by Gasteiger charge is -2.28. The van der Waals surface area contributed by atoms with Crippen molar-refractivity contribution in [3.63, 3.8) is 0 Å². The van der Waals surface area contributed by atoms with Gasteiger partial charge in [0, 0.05) is 36.7 Å². The molecule has 0 saturated carbocycles. The maximum Gasteiger partial charge on any atom is 0.305 e. The minimum Gasteiger partial charge on any atom is -0.481 e. The Labute approximate surface area is 203 Å². The Balaban J connectivity index is 1.55. The van der Waals surface area contributed by atoms with Gasteiger partial charge in [0.1, 0.15) is 17.5 Å². The van der Waals surface area contributed by atoms with Crippen LogP contribution in [0.4, 0.5) is 0 Å². The van der Waals surface area contributed by atoms with Crippen molar-refractivity contribution in [3.8, 4) is 11.5 Å². The van der Waals surface area contributed by atoms with Gasteiger partial charge in [-0.25, -0.2) is 0 Å². The Bertz CT molecular complexity index is 1350. The van der Waals surface area contributed by atoms with Crippen LogP contribution >= 0.6 is 0 Å². The summed E-state index contributed by atoms with van der Waals surface area (Å²) in [6, 6.07) is 22.7. The Kier molecular flexibility index (Phi) is 6.50. The summed E-state index contributed by atoms with van der Waals surface area (Å²) in [5.41, 5.74) is 3.85. The summed E-state index contributed by atoms with van der Waals surface area (Å²) in [4.78, 5) is 30.1. The number of aromatic amines is 1. The smallest absolute Gasteiger partial charge is 0.305 e. The van der Waals surface area contributed by atoms with E-state index < -0.39 is 12.0 Å². The first-order valence-corrected chi connectivity index (χ1v) is 11.7. The van der Waals surface area contributed by atoms with Gasteiger partial charge in [-0.1, -0.05) is 42.5 Å². The van der Waals surface area contributed by atoms with Crippen LogP contribution in [-0.4, -0.2) is 40.0 Å². The van der Waals surface area contributed by atoms with Gasteiger partial charge in [0.25, 0.3) is 0 Å². The Morgan fingerprint density at radius 2 is 1.86 bits per heavy atom. The zero-order chi connectivity index (χ0) is 24.2. The lowest BCUT2D eigenvalue weighted by molar-refractivity contribution is -0.139. The second-order valence-corrected chi connectivity index (χ2v) is 8.71. The zero-order valence-corrected chi connectivity index (χ0v) is 19.2. The average molecular weight is 470 g/mol. The van der Waals surface area contributed by atoms with E-state index in [2.05, 4.69) is 10.3 Å². The molecule has 1 aromatic heterocycles. The molecule has 0 radical (unpaired) electrons. The predicted molar refractivity (Wildman–Crippen MR) is 133 cm³/mol. The van der Waals surface area contributed by atoms with E-state index in [1.165, 1.54) is 0 Å². The van der Waals surface area contributed by atoms with E-state index in [0.29, 0.717) is 19.5 Å². The van der Waals surface area contributed by atoms with E-state index in [4.69, 9.17) is 4.74 Å². The highest BCUT2D eigenvalue weighted by Crippen LogP contribution is 2.29. The molecule has 4 bridgehead atoms. The normalized spacial score (nSPS) is 16.5. The van der Waals surface area contributed by atoms with Crippen molar-refractivity contribution in [3.05, 3.63) is 95.7 Å². The number of carbonyl (C=O) groups is 2. The number of nitrogens with zero attached hydrogens (tertiary/aromatic N) is 1. The van der Waals surface area contributed by atoms with Gasteiger partial charge in [0.15, 0.2) is 0 Å². The highest BCUT2D eigenvalue weighted by Gasteiger charge is 2.26. The quantitative estimate of drug-likeness (QED) is 0.404. The van der Waals surface area contributed by atoms with Crippen molar-refractivity contribution >= 4 is 22.8 Å². The van der Waals surface area contributed by atoms with Gasteiger partial charge in [0.05, 0.1) is 6.42 Å². The number of aliphatic carboxylic acids is 1. The molecule has 0 fully saturated rings.